The summed E-state index contributed by atoms with van der Waals surface area (Å²) in [7, 11) is 2.16. The first kappa shape index (κ1) is 23.5. The highest BCUT2D eigenvalue weighted by atomic mass is 79.9. The Morgan fingerprint density at radius 1 is 1.06 bits per heavy atom. The van der Waals surface area contributed by atoms with Gasteiger partial charge in [0.2, 0.25) is 0 Å². The van der Waals surface area contributed by atoms with Crippen LogP contribution in [0, 0.1) is 6.92 Å². The Kier molecular flexibility index (Phi) is 7.50. The largest absolute Gasteiger partial charge is 0.354 e. The number of halogens is 1. The molecule has 6 nitrogen and oxygen atoms in total. The first-order chi connectivity index (χ1) is 16.0. The maximum Gasteiger partial charge on any atom is 0.254 e. The molecule has 1 aliphatic rings. The Balaban J connectivity index is 1.73. The zero-order valence-corrected chi connectivity index (χ0v) is 21.3. The molecule has 2 heterocycles. The van der Waals surface area contributed by atoms with Gasteiger partial charge in [0.05, 0.1) is 17.9 Å². The van der Waals surface area contributed by atoms with Gasteiger partial charge in [0.1, 0.15) is 5.82 Å². The monoisotopic (exact) mass is 509 g/mol. The lowest BCUT2D eigenvalue weighted by atomic mass is 10.1. The van der Waals surface area contributed by atoms with Gasteiger partial charge in [-0.1, -0.05) is 47.1 Å². The van der Waals surface area contributed by atoms with Crippen LogP contribution >= 0.6 is 15.9 Å². The molecule has 0 aliphatic carbocycles. The van der Waals surface area contributed by atoms with Crippen molar-refractivity contribution in [3.05, 3.63) is 75.9 Å². The second-order valence-corrected chi connectivity index (χ2v) is 9.58. The fourth-order valence-corrected chi connectivity index (χ4v) is 4.74. The summed E-state index contributed by atoms with van der Waals surface area (Å²) in [5.74, 6) is 1.16. The summed E-state index contributed by atoms with van der Waals surface area (Å²) in [5.41, 5.74) is 3.84. The molecule has 0 unspecified atom stereocenters. The van der Waals surface area contributed by atoms with Crippen LogP contribution < -0.4 is 4.90 Å². The van der Waals surface area contributed by atoms with Crippen LogP contribution in [-0.2, 0) is 6.54 Å². The normalized spacial score (nSPS) is 14.5. The van der Waals surface area contributed by atoms with E-state index in [1.807, 2.05) is 47.4 Å². The van der Waals surface area contributed by atoms with Gasteiger partial charge in [-0.25, -0.2) is 4.68 Å². The van der Waals surface area contributed by atoms with Crippen molar-refractivity contribution in [2.24, 2.45) is 0 Å². The number of amides is 1. The Bertz CT molecular complexity index is 1090. The number of aromatic nitrogens is 2. The summed E-state index contributed by atoms with van der Waals surface area (Å²) in [6, 6.07) is 17.9. The third-order valence-electron chi connectivity index (χ3n) is 6.16. The smallest absolute Gasteiger partial charge is 0.254 e. The molecule has 174 valence electrons. The van der Waals surface area contributed by atoms with Gasteiger partial charge < -0.3 is 14.7 Å². The molecule has 1 saturated heterocycles. The molecule has 33 heavy (non-hydrogen) atoms. The minimum absolute atomic E-state index is 0.0503. The summed E-state index contributed by atoms with van der Waals surface area (Å²) < 4.78 is 2.97. The second kappa shape index (κ2) is 10.5. The lowest BCUT2D eigenvalue weighted by Gasteiger charge is -2.35. The Morgan fingerprint density at radius 3 is 2.45 bits per heavy atom. The molecule has 1 fully saturated rings. The predicted molar refractivity (Wildman–Crippen MR) is 137 cm³/mol. The van der Waals surface area contributed by atoms with E-state index in [0.29, 0.717) is 18.7 Å². The molecular weight excluding hydrogens is 478 g/mol. The average Bonchev–Trinajstić information content (AvgIpc) is 3.15. The summed E-state index contributed by atoms with van der Waals surface area (Å²) in [6.07, 6.45) is 0.898. The van der Waals surface area contributed by atoms with E-state index < -0.39 is 0 Å². The molecule has 7 heteroatoms. The number of nitrogens with zero attached hydrogens (tertiary/aromatic N) is 5. The molecule has 1 aliphatic heterocycles. The standard InChI is InChI=1S/C26H32BrN5O/c1-4-13-31(26(33)21-9-8-10-22(27)18-21)19-24-20(2)28-32(23-11-6-5-7-12-23)25(24)30-16-14-29(3)15-17-30/h5-12,18H,4,13-17,19H2,1-3H3. The predicted octanol–water partition coefficient (Wildman–Crippen LogP) is 4.75. The fraction of sp³-hybridized carbons (Fsp3) is 0.385. The van der Waals surface area contributed by atoms with Gasteiger partial charge in [-0.15, -0.1) is 0 Å². The van der Waals surface area contributed by atoms with E-state index in [9.17, 15) is 4.79 Å². The number of aryl methyl sites for hydroxylation is 1. The first-order valence-electron chi connectivity index (χ1n) is 11.6. The van der Waals surface area contributed by atoms with Gasteiger partial charge in [0.15, 0.2) is 0 Å². The van der Waals surface area contributed by atoms with E-state index in [0.717, 1.165) is 59.8 Å². The SMILES string of the molecule is CCCN(Cc1c(C)nn(-c2ccccc2)c1N1CCN(C)CC1)C(=O)c1cccc(Br)c1. The number of para-hydroxylation sites is 1. The quantitative estimate of drug-likeness (QED) is 0.461. The van der Waals surface area contributed by atoms with E-state index >= 15 is 0 Å². The molecule has 2 aromatic carbocycles. The van der Waals surface area contributed by atoms with Gasteiger partial charge in [-0.2, -0.15) is 5.10 Å². The van der Waals surface area contributed by atoms with Crippen LogP contribution in [0.2, 0.25) is 0 Å². The average molecular weight is 510 g/mol. The zero-order chi connectivity index (χ0) is 23.4. The van der Waals surface area contributed by atoms with Crippen molar-refractivity contribution >= 4 is 27.7 Å². The number of piperazine rings is 1. The van der Waals surface area contributed by atoms with Crippen LogP contribution in [0.15, 0.2) is 59.1 Å². The number of benzene rings is 2. The van der Waals surface area contributed by atoms with Crippen LogP contribution in [0.25, 0.3) is 5.69 Å². The molecule has 4 rings (SSSR count). The summed E-state index contributed by atoms with van der Waals surface area (Å²) in [4.78, 5) is 20.2. The fourth-order valence-electron chi connectivity index (χ4n) is 4.34. The van der Waals surface area contributed by atoms with Crippen LogP contribution in [0.1, 0.15) is 35.0 Å². The molecule has 3 aromatic rings. The Labute approximate surface area is 204 Å². The van der Waals surface area contributed by atoms with E-state index in [1.165, 1.54) is 0 Å². The van der Waals surface area contributed by atoms with Crippen molar-refractivity contribution in [2.45, 2.75) is 26.8 Å². The molecule has 0 spiro atoms. The molecule has 0 N–H and O–H groups in total. The summed E-state index contributed by atoms with van der Waals surface area (Å²) >= 11 is 3.50. The van der Waals surface area contributed by atoms with E-state index in [4.69, 9.17) is 5.10 Å². The summed E-state index contributed by atoms with van der Waals surface area (Å²) in [6.45, 7) is 9.31. The van der Waals surface area contributed by atoms with Gasteiger partial charge >= 0.3 is 0 Å². The van der Waals surface area contributed by atoms with Crippen molar-refractivity contribution in [1.29, 1.82) is 0 Å². The molecule has 0 bridgehead atoms. The minimum atomic E-state index is 0.0503. The number of hydrogen-bond donors (Lipinski definition) is 0. The zero-order valence-electron chi connectivity index (χ0n) is 19.7. The maximum absolute atomic E-state index is 13.5. The molecule has 1 aromatic heterocycles. The van der Waals surface area contributed by atoms with Crippen LogP contribution in [0.4, 0.5) is 5.82 Å². The third kappa shape index (κ3) is 5.31. The molecular formula is C26H32BrN5O. The molecule has 0 radical (unpaired) electrons. The van der Waals surface area contributed by atoms with Gasteiger partial charge in [-0.3, -0.25) is 4.79 Å². The first-order valence-corrected chi connectivity index (χ1v) is 12.4. The third-order valence-corrected chi connectivity index (χ3v) is 6.66. The van der Waals surface area contributed by atoms with Crippen molar-refractivity contribution in [3.63, 3.8) is 0 Å². The number of rotatable bonds is 7. The van der Waals surface area contributed by atoms with Crippen LogP contribution in [-0.4, -0.2) is 65.3 Å². The molecule has 0 saturated carbocycles. The molecule has 0 atom stereocenters. The topological polar surface area (TPSA) is 44.6 Å². The van der Waals surface area contributed by atoms with Gasteiger partial charge in [0, 0.05) is 48.3 Å². The van der Waals surface area contributed by atoms with Crippen LogP contribution in [0.5, 0.6) is 0 Å². The van der Waals surface area contributed by atoms with Crippen molar-refractivity contribution < 1.29 is 4.79 Å². The highest BCUT2D eigenvalue weighted by Gasteiger charge is 2.27. The number of carbonyl (C=O) groups excluding carboxylic acids is 1. The van der Waals surface area contributed by atoms with E-state index in [1.54, 1.807) is 0 Å². The number of hydrogen-bond acceptors (Lipinski definition) is 4. The minimum Gasteiger partial charge on any atom is -0.354 e. The highest BCUT2D eigenvalue weighted by molar-refractivity contribution is 9.10. The Morgan fingerprint density at radius 2 is 1.79 bits per heavy atom. The number of likely N-dealkylation sites (N-methyl/N-ethyl adjacent to an activating group) is 1. The van der Waals surface area contributed by atoms with E-state index in [2.05, 4.69) is 63.4 Å². The number of carbonyl (C=O) groups is 1. The van der Waals surface area contributed by atoms with Crippen LogP contribution in [0.3, 0.4) is 0 Å². The lowest BCUT2D eigenvalue weighted by molar-refractivity contribution is 0.0743. The Hall–Kier alpha value is -2.64. The lowest BCUT2D eigenvalue weighted by Crippen LogP contribution is -2.45. The van der Waals surface area contributed by atoms with Gasteiger partial charge in [0.25, 0.3) is 5.91 Å². The van der Waals surface area contributed by atoms with Gasteiger partial charge in [-0.05, 0) is 50.7 Å². The van der Waals surface area contributed by atoms with Crippen molar-refractivity contribution in [2.75, 3.05) is 44.7 Å². The highest BCUT2D eigenvalue weighted by Crippen LogP contribution is 2.30. The van der Waals surface area contributed by atoms with Crippen molar-refractivity contribution in [3.8, 4) is 5.69 Å². The molecule has 1 amide bonds. The number of anilines is 1. The van der Waals surface area contributed by atoms with Crippen molar-refractivity contribution in [1.82, 2.24) is 19.6 Å². The second-order valence-electron chi connectivity index (χ2n) is 8.66. The van der Waals surface area contributed by atoms with E-state index in [-0.39, 0.29) is 5.91 Å². The summed E-state index contributed by atoms with van der Waals surface area (Å²) in [5, 5.41) is 4.95. The maximum atomic E-state index is 13.5.